The molecule has 2 saturated heterocycles. The molecule has 0 bridgehead atoms. The standard InChI is InChI=1S/C18H26N4O2/c1-20(2)16-6-5-15(12-19-16)18(24)21-10-7-14(8-11-21)13-22-9-3-4-17(22)23/h5-6,12,14H,3-4,7-11,13H2,1-2H3. The molecule has 1 aromatic heterocycles. The molecule has 2 aliphatic rings. The van der Waals surface area contributed by atoms with Crippen molar-refractivity contribution in [2.24, 2.45) is 5.92 Å². The molecule has 130 valence electrons. The average Bonchev–Trinajstić information content (AvgIpc) is 3.00. The Morgan fingerprint density at radius 2 is 2.00 bits per heavy atom. The number of amides is 2. The van der Waals surface area contributed by atoms with E-state index in [1.165, 1.54) is 0 Å². The number of piperidine rings is 1. The van der Waals surface area contributed by atoms with Gasteiger partial charge in [-0.05, 0) is 37.3 Å². The molecule has 6 nitrogen and oxygen atoms in total. The minimum atomic E-state index is 0.0588. The Morgan fingerprint density at radius 1 is 1.25 bits per heavy atom. The van der Waals surface area contributed by atoms with Gasteiger partial charge in [-0.1, -0.05) is 0 Å². The Labute approximate surface area is 143 Å². The molecule has 0 unspecified atom stereocenters. The number of rotatable bonds is 4. The molecular formula is C18H26N4O2. The quantitative estimate of drug-likeness (QED) is 0.842. The molecule has 24 heavy (non-hydrogen) atoms. The molecule has 2 fully saturated rings. The normalized spacial score (nSPS) is 19.0. The van der Waals surface area contributed by atoms with Gasteiger partial charge in [0.2, 0.25) is 5.91 Å². The van der Waals surface area contributed by atoms with Crippen molar-refractivity contribution in [3.8, 4) is 0 Å². The van der Waals surface area contributed by atoms with Gasteiger partial charge in [0, 0.05) is 52.9 Å². The molecule has 0 N–H and O–H groups in total. The van der Waals surface area contributed by atoms with Crippen LogP contribution in [0.25, 0.3) is 0 Å². The van der Waals surface area contributed by atoms with Crippen molar-refractivity contribution >= 4 is 17.6 Å². The van der Waals surface area contributed by atoms with E-state index in [0.29, 0.717) is 23.8 Å². The van der Waals surface area contributed by atoms with Crippen molar-refractivity contribution in [2.75, 3.05) is 45.2 Å². The number of carbonyl (C=O) groups excluding carboxylic acids is 2. The molecular weight excluding hydrogens is 304 g/mol. The number of pyridine rings is 1. The van der Waals surface area contributed by atoms with Gasteiger partial charge in [0.15, 0.2) is 0 Å². The van der Waals surface area contributed by atoms with Crippen LogP contribution in [0.5, 0.6) is 0 Å². The summed E-state index contributed by atoms with van der Waals surface area (Å²) in [5.41, 5.74) is 0.647. The summed E-state index contributed by atoms with van der Waals surface area (Å²) in [5, 5.41) is 0. The third-order valence-corrected chi connectivity index (χ3v) is 5.00. The molecule has 0 radical (unpaired) electrons. The SMILES string of the molecule is CN(C)c1ccc(C(=O)N2CCC(CN3CCCC3=O)CC2)cn1. The maximum absolute atomic E-state index is 12.6. The predicted octanol–water partition coefficient (Wildman–Crippen LogP) is 1.62. The number of likely N-dealkylation sites (tertiary alicyclic amines) is 2. The van der Waals surface area contributed by atoms with Crippen LogP contribution in [0.1, 0.15) is 36.0 Å². The van der Waals surface area contributed by atoms with Gasteiger partial charge in [-0.3, -0.25) is 9.59 Å². The van der Waals surface area contributed by atoms with E-state index in [2.05, 4.69) is 4.98 Å². The first kappa shape index (κ1) is 16.7. The number of aromatic nitrogens is 1. The van der Waals surface area contributed by atoms with Crippen molar-refractivity contribution in [2.45, 2.75) is 25.7 Å². The summed E-state index contributed by atoms with van der Waals surface area (Å²) in [6.45, 7) is 3.30. The topological polar surface area (TPSA) is 56.8 Å². The molecule has 3 heterocycles. The van der Waals surface area contributed by atoms with Crippen LogP contribution in [0, 0.1) is 5.92 Å². The van der Waals surface area contributed by atoms with Gasteiger partial charge in [0.1, 0.15) is 5.82 Å². The molecule has 3 rings (SSSR count). The summed E-state index contributed by atoms with van der Waals surface area (Å²) in [6, 6.07) is 3.72. The third kappa shape index (κ3) is 3.68. The maximum atomic E-state index is 12.6. The van der Waals surface area contributed by atoms with Crippen LogP contribution in [0.4, 0.5) is 5.82 Å². The molecule has 0 aliphatic carbocycles. The lowest BCUT2D eigenvalue weighted by Crippen LogP contribution is -2.41. The first-order chi connectivity index (χ1) is 11.5. The second kappa shape index (κ2) is 7.20. The van der Waals surface area contributed by atoms with Crippen molar-refractivity contribution in [1.29, 1.82) is 0 Å². The number of hydrogen-bond donors (Lipinski definition) is 0. The fourth-order valence-electron chi connectivity index (χ4n) is 3.49. The first-order valence-corrected chi connectivity index (χ1v) is 8.75. The van der Waals surface area contributed by atoms with Crippen molar-refractivity contribution in [3.05, 3.63) is 23.9 Å². The van der Waals surface area contributed by atoms with E-state index >= 15 is 0 Å². The highest BCUT2D eigenvalue weighted by atomic mass is 16.2. The van der Waals surface area contributed by atoms with Gasteiger partial charge in [-0.2, -0.15) is 0 Å². The van der Waals surface area contributed by atoms with Crippen LogP contribution in [0.3, 0.4) is 0 Å². The monoisotopic (exact) mass is 330 g/mol. The molecule has 2 amide bonds. The first-order valence-electron chi connectivity index (χ1n) is 8.75. The maximum Gasteiger partial charge on any atom is 0.255 e. The molecule has 0 atom stereocenters. The van der Waals surface area contributed by atoms with E-state index in [-0.39, 0.29) is 5.91 Å². The summed E-state index contributed by atoms with van der Waals surface area (Å²) in [4.78, 5) is 34.5. The van der Waals surface area contributed by atoms with Gasteiger partial charge in [0.25, 0.3) is 5.91 Å². The summed E-state index contributed by atoms with van der Waals surface area (Å²) in [6.07, 6.45) is 5.30. The van der Waals surface area contributed by atoms with Gasteiger partial charge < -0.3 is 14.7 Å². The Bertz CT molecular complexity index is 592. The number of hydrogen-bond acceptors (Lipinski definition) is 4. The van der Waals surface area contributed by atoms with Gasteiger partial charge in [-0.15, -0.1) is 0 Å². The highest BCUT2D eigenvalue weighted by Gasteiger charge is 2.28. The third-order valence-electron chi connectivity index (χ3n) is 5.00. The smallest absolute Gasteiger partial charge is 0.255 e. The van der Waals surface area contributed by atoms with Crippen LogP contribution >= 0.6 is 0 Å². The van der Waals surface area contributed by atoms with Crippen LogP contribution < -0.4 is 4.90 Å². The van der Waals surface area contributed by atoms with Crippen molar-refractivity contribution in [3.63, 3.8) is 0 Å². The van der Waals surface area contributed by atoms with Crippen molar-refractivity contribution in [1.82, 2.24) is 14.8 Å². The van der Waals surface area contributed by atoms with E-state index in [1.54, 1.807) is 6.20 Å². The minimum absolute atomic E-state index is 0.0588. The van der Waals surface area contributed by atoms with Crippen molar-refractivity contribution < 1.29 is 9.59 Å². The van der Waals surface area contributed by atoms with Gasteiger partial charge in [0.05, 0.1) is 5.56 Å². The molecule has 1 aromatic rings. The fourth-order valence-corrected chi connectivity index (χ4v) is 3.49. The van der Waals surface area contributed by atoms with E-state index in [4.69, 9.17) is 0 Å². The van der Waals surface area contributed by atoms with Crippen LogP contribution in [-0.4, -0.2) is 66.9 Å². The zero-order valence-corrected chi connectivity index (χ0v) is 14.6. The van der Waals surface area contributed by atoms with E-state index in [0.717, 1.165) is 51.3 Å². The lowest BCUT2D eigenvalue weighted by atomic mass is 9.96. The zero-order chi connectivity index (χ0) is 17.1. The summed E-state index contributed by atoms with van der Waals surface area (Å²) in [5.74, 6) is 1.72. The Balaban J connectivity index is 1.52. The second-order valence-corrected chi connectivity index (χ2v) is 6.98. The van der Waals surface area contributed by atoms with Crippen LogP contribution in [0.2, 0.25) is 0 Å². The van der Waals surface area contributed by atoms with Crippen LogP contribution in [0.15, 0.2) is 18.3 Å². The molecule has 2 aliphatic heterocycles. The fraction of sp³-hybridized carbons (Fsp3) is 0.611. The van der Waals surface area contributed by atoms with E-state index in [1.807, 2.05) is 40.9 Å². The summed E-state index contributed by atoms with van der Waals surface area (Å²) in [7, 11) is 3.86. The van der Waals surface area contributed by atoms with Crippen LogP contribution in [-0.2, 0) is 4.79 Å². The Kier molecular flexibility index (Phi) is 5.02. The zero-order valence-electron chi connectivity index (χ0n) is 14.6. The van der Waals surface area contributed by atoms with E-state index in [9.17, 15) is 9.59 Å². The van der Waals surface area contributed by atoms with Gasteiger partial charge >= 0.3 is 0 Å². The highest BCUT2D eigenvalue weighted by Crippen LogP contribution is 2.22. The highest BCUT2D eigenvalue weighted by molar-refractivity contribution is 5.94. The summed E-state index contributed by atoms with van der Waals surface area (Å²) >= 11 is 0. The lowest BCUT2D eigenvalue weighted by Gasteiger charge is -2.34. The molecule has 0 saturated carbocycles. The average molecular weight is 330 g/mol. The minimum Gasteiger partial charge on any atom is -0.363 e. The summed E-state index contributed by atoms with van der Waals surface area (Å²) < 4.78 is 0. The predicted molar refractivity (Wildman–Crippen MR) is 93.0 cm³/mol. The van der Waals surface area contributed by atoms with E-state index < -0.39 is 0 Å². The number of nitrogens with zero attached hydrogens (tertiary/aromatic N) is 4. The number of anilines is 1. The van der Waals surface area contributed by atoms with Gasteiger partial charge in [-0.25, -0.2) is 4.98 Å². The second-order valence-electron chi connectivity index (χ2n) is 6.98. The molecule has 0 aromatic carbocycles. The Morgan fingerprint density at radius 3 is 2.54 bits per heavy atom. The number of carbonyl (C=O) groups is 2. The Hall–Kier alpha value is -2.11. The largest absolute Gasteiger partial charge is 0.363 e. The molecule has 0 spiro atoms. The molecule has 6 heteroatoms. The lowest BCUT2D eigenvalue weighted by molar-refractivity contribution is -0.128.